The van der Waals surface area contributed by atoms with Crippen LogP contribution in [0.5, 0.6) is 0 Å². The van der Waals surface area contributed by atoms with Gasteiger partial charge >= 0.3 is 5.97 Å². The second kappa shape index (κ2) is 6.85. The minimum Gasteiger partial charge on any atom is -0.481 e. The molecule has 0 spiro atoms. The normalized spacial score (nSPS) is 12.1. The van der Waals surface area contributed by atoms with Crippen molar-refractivity contribution in [3.05, 3.63) is 35.4 Å². The highest BCUT2D eigenvalue weighted by Crippen LogP contribution is 2.16. The maximum absolute atomic E-state index is 11.9. The number of nitrogens with zero attached hydrogens (tertiary/aromatic N) is 1. The fourth-order valence-electron chi connectivity index (χ4n) is 1.74. The number of hydrogen-bond donors (Lipinski definition) is 1. The Morgan fingerprint density at radius 2 is 1.80 bits per heavy atom. The molecule has 0 aliphatic rings. The fourth-order valence-corrected chi connectivity index (χ4v) is 2.83. The van der Waals surface area contributed by atoms with Gasteiger partial charge in [0.1, 0.15) is 0 Å². The van der Waals surface area contributed by atoms with Gasteiger partial charge in [-0.25, -0.2) is 12.7 Å². The summed E-state index contributed by atoms with van der Waals surface area (Å²) in [5.74, 6) is -1.05. The largest absolute Gasteiger partial charge is 0.481 e. The Hall–Kier alpha value is -1.40. The third-order valence-corrected chi connectivity index (χ3v) is 4.90. The van der Waals surface area contributed by atoms with Crippen LogP contribution in [0.3, 0.4) is 0 Å². The highest BCUT2D eigenvalue weighted by Gasteiger charge is 2.19. The number of hydrogen-bond acceptors (Lipinski definition) is 3. The van der Waals surface area contributed by atoms with Crippen molar-refractivity contribution in [2.45, 2.75) is 32.7 Å². The van der Waals surface area contributed by atoms with E-state index >= 15 is 0 Å². The van der Waals surface area contributed by atoms with Crippen LogP contribution < -0.4 is 0 Å². The molecule has 0 amide bonds. The first-order chi connectivity index (χ1) is 9.22. The van der Waals surface area contributed by atoms with E-state index in [2.05, 4.69) is 13.8 Å². The van der Waals surface area contributed by atoms with Gasteiger partial charge in [-0.05, 0) is 17.0 Å². The summed E-state index contributed by atoms with van der Waals surface area (Å²) in [6, 6.07) is 7.77. The van der Waals surface area contributed by atoms with E-state index in [4.69, 9.17) is 5.11 Å². The summed E-state index contributed by atoms with van der Waals surface area (Å²) in [5.41, 5.74) is 2.08. The number of carboxylic acids is 1. The number of benzene rings is 1. The zero-order valence-electron chi connectivity index (χ0n) is 12.0. The molecular weight excluding hydrogens is 278 g/mol. The quantitative estimate of drug-likeness (QED) is 0.836. The van der Waals surface area contributed by atoms with Gasteiger partial charge in [0.25, 0.3) is 0 Å². The van der Waals surface area contributed by atoms with Gasteiger partial charge < -0.3 is 5.11 Å². The van der Waals surface area contributed by atoms with Gasteiger partial charge in [0.05, 0.1) is 12.2 Å². The van der Waals surface area contributed by atoms with Crippen molar-refractivity contribution in [3.63, 3.8) is 0 Å². The van der Waals surface area contributed by atoms with Crippen LogP contribution in [0.4, 0.5) is 0 Å². The average Bonchev–Trinajstić information content (AvgIpc) is 2.37. The fraction of sp³-hybridized carbons (Fsp3) is 0.500. The van der Waals surface area contributed by atoms with Gasteiger partial charge in [0.15, 0.2) is 0 Å². The smallest absolute Gasteiger partial charge is 0.304 e. The summed E-state index contributed by atoms with van der Waals surface area (Å²) in [4.78, 5) is 10.4. The van der Waals surface area contributed by atoms with Gasteiger partial charge in [-0.15, -0.1) is 0 Å². The molecule has 1 aromatic rings. The number of aliphatic carboxylic acids is 1. The van der Waals surface area contributed by atoms with E-state index in [1.165, 1.54) is 16.9 Å². The summed E-state index contributed by atoms with van der Waals surface area (Å²) in [5, 5.41) is 8.55. The van der Waals surface area contributed by atoms with E-state index in [1.54, 1.807) is 0 Å². The SMILES string of the molecule is CC(C)c1ccc(CN(C)S(=O)(=O)CCC(=O)O)cc1. The van der Waals surface area contributed by atoms with E-state index in [0.717, 1.165) is 5.56 Å². The number of carbonyl (C=O) groups is 1. The van der Waals surface area contributed by atoms with Crippen LogP contribution in [-0.4, -0.2) is 36.6 Å². The Balaban J connectivity index is 2.69. The third-order valence-electron chi connectivity index (χ3n) is 3.10. The molecule has 1 aromatic carbocycles. The van der Waals surface area contributed by atoms with Crippen LogP contribution in [0.1, 0.15) is 37.3 Å². The van der Waals surface area contributed by atoms with E-state index < -0.39 is 16.0 Å². The van der Waals surface area contributed by atoms with Gasteiger partial charge in [-0.3, -0.25) is 4.79 Å². The standard InChI is InChI=1S/C14H21NO4S/c1-11(2)13-6-4-12(5-7-13)10-15(3)20(18,19)9-8-14(16)17/h4-7,11H,8-10H2,1-3H3,(H,16,17). The molecule has 1 N–H and O–H groups in total. The van der Waals surface area contributed by atoms with Gasteiger partial charge in [-0.2, -0.15) is 0 Å². The van der Waals surface area contributed by atoms with Crippen LogP contribution in [-0.2, 0) is 21.4 Å². The van der Waals surface area contributed by atoms with Crippen molar-refractivity contribution in [3.8, 4) is 0 Å². The van der Waals surface area contributed by atoms with Crippen molar-refractivity contribution in [1.82, 2.24) is 4.31 Å². The molecule has 0 unspecified atom stereocenters. The van der Waals surface area contributed by atoms with E-state index in [9.17, 15) is 13.2 Å². The topological polar surface area (TPSA) is 74.7 Å². The third kappa shape index (κ3) is 4.94. The molecule has 5 nitrogen and oxygen atoms in total. The molecule has 0 fully saturated rings. The predicted molar refractivity (Wildman–Crippen MR) is 78.0 cm³/mol. The number of carboxylic acid groups (broad SMARTS) is 1. The molecule has 112 valence electrons. The zero-order chi connectivity index (χ0) is 15.3. The predicted octanol–water partition coefficient (Wildman–Crippen LogP) is 2.05. The van der Waals surface area contributed by atoms with Crippen LogP contribution in [0, 0.1) is 0 Å². The van der Waals surface area contributed by atoms with E-state index in [-0.39, 0.29) is 18.7 Å². The summed E-state index contributed by atoms with van der Waals surface area (Å²) in [6.07, 6.45) is -0.376. The zero-order valence-corrected chi connectivity index (χ0v) is 12.9. The Bertz CT molecular complexity index is 549. The van der Waals surface area contributed by atoms with E-state index in [0.29, 0.717) is 5.92 Å². The van der Waals surface area contributed by atoms with Crippen molar-refractivity contribution in [2.75, 3.05) is 12.8 Å². The highest BCUT2D eigenvalue weighted by atomic mass is 32.2. The lowest BCUT2D eigenvalue weighted by atomic mass is 10.0. The molecule has 0 aliphatic carbocycles. The second-order valence-corrected chi connectivity index (χ2v) is 7.31. The highest BCUT2D eigenvalue weighted by molar-refractivity contribution is 7.89. The Labute approximate surface area is 120 Å². The summed E-state index contributed by atoms with van der Waals surface area (Å²) in [6.45, 7) is 4.44. The molecular formula is C14H21NO4S. The Kier molecular flexibility index (Phi) is 5.71. The first-order valence-electron chi connectivity index (χ1n) is 6.47. The molecule has 0 saturated heterocycles. The molecule has 0 atom stereocenters. The van der Waals surface area contributed by atoms with Crippen LogP contribution >= 0.6 is 0 Å². The molecule has 0 bridgehead atoms. The molecule has 1 rings (SSSR count). The van der Waals surface area contributed by atoms with Crippen LogP contribution in [0.2, 0.25) is 0 Å². The monoisotopic (exact) mass is 299 g/mol. The van der Waals surface area contributed by atoms with Gasteiger partial charge in [0.2, 0.25) is 10.0 Å². The van der Waals surface area contributed by atoms with Gasteiger partial charge in [-0.1, -0.05) is 38.1 Å². The first-order valence-corrected chi connectivity index (χ1v) is 8.08. The second-order valence-electron chi connectivity index (χ2n) is 5.11. The first kappa shape index (κ1) is 16.7. The van der Waals surface area contributed by atoms with Gasteiger partial charge in [0, 0.05) is 13.6 Å². The lowest BCUT2D eigenvalue weighted by Crippen LogP contribution is -2.29. The van der Waals surface area contributed by atoms with E-state index in [1.807, 2.05) is 24.3 Å². The van der Waals surface area contributed by atoms with Crippen LogP contribution in [0.15, 0.2) is 24.3 Å². The lowest BCUT2D eigenvalue weighted by Gasteiger charge is -2.17. The summed E-state index contributed by atoms with van der Waals surface area (Å²) < 4.78 is 24.9. The number of sulfonamides is 1. The van der Waals surface area contributed by atoms with Crippen molar-refractivity contribution in [2.24, 2.45) is 0 Å². The molecule has 6 heteroatoms. The Morgan fingerprint density at radius 3 is 2.25 bits per heavy atom. The van der Waals surface area contributed by atoms with Crippen molar-refractivity contribution < 1.29 is 18.3 Å². The lowest BCUT2D eigenvalue weighted by molar-refractivity contribution is -0.136. The summed E-state index contributed by atoms with van der Waals surface area (Å²) in [7, 11) is -2.06. The molecule has 0 heterocycles. The van der Waals surface area contributed by atoms with Crippen molar-refractivity contribution >= 4 is 16.0 Å². The maximum atomic E-state index is 11.9. The maximum Gasteiger partial charge on any atom is 0.304 e. The molecule has 0 aliphatic heterocycles. The van der Waals surface area contributed by atoms with Crippen molar-refractivity contribution in [1.29, 1.82) is 0 Å². The molecule has 0 aromatic heterocycles. The Morgan fingerprint density at radius 1 is 1.25 bits per heavy atom. The minimum absolute atomic E-state index is 0.250. The molecule has 20 heavy (non-hydrogen) atoms. The summed E-state index contributed by atoms with van der Waals surface area (Å²) >= 11 is 0. The number of rotatable bonds is 7. The molecule has 0 saturated carbocycles. The molecule has 0 radical (unpaired) electrons. The van der Waals surface area contributed by atoms with Crippen LogP contribution in [0.25, 0.3) is 0 Å². The average molecular weight is 299 g/mol. The minimum atomic E-state index is -3.53.